The molecule has 4 rings (SSSR count). The zero-order valence-corrected chi connectivity index (χ0v) is 21.5. The van der Waals surface area contributed by atoms with Crippen LogP contribution in [-0.2, 0) is 0 Å². The van der Waals surface area contributed by atoms with Crippen LogP contribution in [0.3, 0.4) is 0 Å². The number of phenols is 1. The summed E-state index contributed by atoms with van der Waals surface area (Å²) < 4.78 is 14.2. The molecule has 1 saturated carbocycles. The Morgan fingerprint density at radius 3 is 2.51 bits per heavy atom. The van der Waals surface area contributed by atoms with Gasteiger partial charge in [0.2, 0.25) is 0 Å². The number of ketones is 1. The SMILES string of the molecule is CC(C)C(=O)c1cnc2ccc(-c3cc(F)c(O)c(Cl)c3)cc2c1N[C@H]1CC[C@H](CN(C)C)CC1. The molecule has 0 atom stereocenters. The van der Waals surface area contributed by atoms with E-state index >= 15 is 0 Å². The molecule has 0 bridgehead atoms. The summed E-state index contributed by atoms with van der Waals surface area (Å²) in [6.07, 6.45) is 6.03. The Labute approximate surface area is 211 Å². The molecule has 0 unspecified atom stereocenters. The van der Waals surface area contributed by atoms with Crippen molar-refractivity contribution < 1.29 is 14.3 Å². The first kappa shape index (κ1) is 25.4. The molecule has 2 aromatic carbocycles. The van der Waals surface area contributed by atoms with Crippen molar-refractivity contribution in [1.82, 2.24) is 9.88 Å². The number of anilines is 1. The predicted octanol–water partition coefficient (Wildman–Crippen LogP) is 6.77. The predicted molar refractivity (Wildman–Crippen MR) is 141 cm³/mol. The van der Waals surface area contributed by atoms with Gasteiger partial charge in [0, 0.05) is 30.1 Å². The summed E-state index contributed by atoms with van der Waals surface area (Å²) in [6, 6.07) is 8.70. The van der Waals surface area contributed by atoms with Crippen molar-refractivity contribution in [2.45, 2.75) is 45.6 Å². The first-order valence-electron chi connectivity index (χ1n) is 12.2. The molecule has 0 spiro atoms. The number of aromatic hydroxyl groups is 1. The summed E-state index contributed by atoms with van der Waals surface area (Å²) in [4.78, 5) is 19.9. The summed E-state index contributed by atoms with van der Waals surface area (Å²) in [5.41, 5.74) is 3.39. The highest BCUT2D eigenvalue weighted by Crippen LogP contribution is 2.37. The lowest BCUT2D eigenvalue weighted by Crippen LogP contribution is -2.31. The minimum atomic E-state index is -0.776. The molecule has 5 nitrogen and oxygen atoms in total. The highest BCUT2D eigenvalue weighted by molar-refractivity contribution is 6.32. The first-order valence-corrected chi connectivity index (χ1v) is 12.6. The number of Topliss-reactive ketones (excluding diaryl/α,β-unsaturated/α-hetero) is 1. The molecule has 0 saturated heterocycles. The molecule has 7 heteroatoms. The topological polar surface area (TPSA) is 65.5 Å². The fraction of sp³-hybridized carbons (Fsp3) is 0.429. The summed E-state index contributed by atoms with van der Waals surface area (Å²) in [6.45, 7) is 4.87. The molecule has 1 aliphatic carbocycles. The number of phenolic OH excluding ortho intramolecular Hbond substituents is 1. The van der Waals surface area contributed by atoms with Gasteiger partial charge in [0.15, 0.2) is 17.3 Å². The lowest BCUT2D eigenvalue weighted by Gasteiger charge is -2.32. The van der Waals surface area contributed by atoms with Gasteiger partial charge in [-0.1, -0.05) is 31.5 Å². The molecular formula is C28H33ClFN3O2. The zero-order valence-electron chi connectivity index (χ0n) is 20.7. The maximum Gasteiger partial charge on any atom is 0.170 e. The Bertz CT molecular complexity index is 1210. The maximum atomic E-state index is 14.2. The van der Waals surface area contributed by atoms with E-state index in [-0.39, 0.29) is 22.8 Å². The molecule has 35 heavy (non-hydrogen) atoms. The van der Waals surface area contributed by atoms with Gasteiger partial charge in [-0.05, 0) is 81.1 Å². The Morgan fingerprint density at radius 2 is 1.89 bits per heavy atom. The minimum absolute atomic E-state index is 0.0346. The molecule has 2 N–H and O–H groups in total. The first-order chi connectivity index (χ1) is 16.6. The third-order valence-electron chi connectivity index (χ3n) is 6.83. The second-order valence-corrected chi connectivity index (χ2v) is 10.6. The van der Waals surface area contributed by atoms with Gasteiger partial charge in [-0.25, -0.2) is 4.39 Å². The summed E-state index contributed by atoms with van der Waals surface area (Å²) in [5, 5.41) is 14.2. The van der Waals surface area contributed by atoms with Gasteiger partial charge in [0.05, 0.1) is 21.8 Å². The molecule has 1 aromatic heterocycles. The van der Waals surface area contributed by atoms with Gasteiger partial charge in [0.1, 0.15) is 0 Å². The van der Waals surface area contributed by atoms with Crippen molar-refractivity contribution >= 4 is 34.0 Å². The smallest absolute Gasteiger partial charge is 0.170 e. The molecule has 0 aliphatic heterocycles. The molecular weight excluding hydrogens is 465 g/mol. The third-order valence-corrected chi connectivity index (χ3v) is 7.11. The number of rotatable bonds is 7. The number of nitrogens with one attached hydrogen (secondary N) is 1. The van der Waals surface area contributed by atoms with Crippen LogP contribution in [0.15, 0.2) is 36.5 Å². The lowest BCUT2D eigenvalue weighted by molar-refractivity contribution is 0.0940. The number of halogens is 2. The van der Waals surface area contributed by atoms with Gasteiger partial charge in [0.25, 0.3) is 0 Å². The highest BCUT2D eigenvalue weighted by Gasteiger charge is 2.25. The number of hydrogen-bond acceptors (Lipinski definition) is 5. The molecule has 186 valence electrons. The largest absolute Gasteiger partial charge is 0.504 e. The van der Waals surface area contributed by atoms with Crippen molar-refractivity contribution in [3.05, 3.63) is 52.9 Å². The fourth-order valence-electron chi connectivity index (χ4n) is 4.97. The van der Waals surface area contributed by atoms with E-state index in [0.29, 0.717) is 17.0 Å². The van der Waals surface area contributed by atoms with Crippen molar-refractivity contribution in [2.24, 2.45) is 11.8 Å². The number of nitrogens with zero attached hydrogens (tertiary/aromatic N) is 2. The van der Waals surface area contributed by atoms with Crippen molar-refractivity contribution in [3.63, 3.8) is 0 Å². The quantitative estimate of drug-likeness (QED) is 0.352. The molecule has 3 aromatic rings. The van der Waals surface area contributed by atoms with Crippen molar-refractivity contribution in [1.29, 1.82) is 0 Å². The van der Waals surface area contributed by atoms with Crippen molar-refractivity contribution in [3.8, 4) is 16.9 Å². The summed E-state index contributed by atoms with van der Waals surface area (Å²) in [7, 11) is 4.23. The van der Waals surface area contributed by atoms with E-state index in [1.54, 1.807) is 6.20 Å². The molecule has 0 amide bonds. The number of hydrogen-bond donors (Lipinski definition) is 2. The van der Waals surface area contributed by atoms with Crippen LogP contribution in [0.2, 0.25) is 5.02 Å². The Hall–Kier alpha value is -2.70. The zero-order chi connectivity index (χ0) is 25.3. The van der Waals surface area contributed by atoms with E-state index in [4.69, 9.17) is 11.6 Å². The highest BCUT2D eigenvalue weighted by atomic mass is 35.5. The van der Waals surface area contributed by atoms with Crippen molar-refractivity contribution in [2.75, 3.05) is 26.0 Å². The number of benzene rings is 2. The average Bonchev–Trinajstić information content (AvgIpc) is 2.82. The van der Waals surface area contributed by atoms with E-state index in [2.05, 4.69) is 29.3 Å². The van der Waals surface area contributed by atoms with E-state index in [1.807, 2.05) is 32.0 Å². The van der Waals surface area contributed by atoms with Crippen LogP contribution < -0.4 is 5.32 Å². The molecule has 1 fully saturated rings. The number of carbonyl (C=O) groups excluding carboxylic acids is 1. The monoisotopic (exact) mass is 497 g/mol. The second-order valence-electron chi connectivity index (χ2n) is 10.2. The average molecular weight is 498 g/mol. The summed E-state index contributed by atoms with van der Waals surface area (Å²) in [5.74, 6) is -0.780. The Kier molecular flexibility index (Phi) is 7.62. The summed E-state index contributed by atoms with van der Waals surface area (Å²) >= 11 is 6.03. The van der Waals surface area contributed by atoms with Gasteiger partial charge >= 0.3 is 0 Å². The number of pyridine rings is 1. The van der Waals surface area contributed by atoms with Crippen LogP contribution in [0.25, 0.3) is 22.0 Å². The van der Waals surface area contributed by atoms with Crippen LogP contribution in [0.5, 0.6) is 5.75 Å². The van der Waals surface area contributed by atoms with Crippen LogP contribution in [0, 0.1) is 17.7 Å². The molecule has 1 aliphatic rings. The standard InChI is InChI=1S/C28H33ClFN3O2/c1-16(2)27(34)22-14-31-25-10-7-18(19-12-23(29)28(35)24(30)13-19)11-21(25)26(22)32-20-8-5-17(6-9-20)15-33(3)4/h7,10-14,16-17,20,35H,5-6,8-9,15H2,1-4H3,(H,31,32)/t17-,20-. The van der Waals surface area contributed by atoms with Gasteiger partial charge in [-0.15, -0.1) is 0 Å². The minimum Gasteiger partial charge on any atom is -0.504 e. The fourth-order valence-corrected chi connectivity index (χ4v) is 5.18. The third kappa shape index (κ3) is 5.60. The molecule has 1 heterocycles. The Morgan fingerprint density at radius 1 is 1.17 bits per heavy atom. The van der Waals surface area contributed by atoms with E-state index in [9.17, 15) is 14.3 Å². The van der Waals surface area contributed by atoms with Gasteiger partial charge < -0.3 is 15.3 Å². The van der Waals surface area contributed by atoms with E-state index in [0.717, 1.165) is 54.4 Å². The van der Waals surface area contributed by atoms with Crippen LogP contribution in [0.1, 0.15) is 49.9 Å². The second kappa shape index (κ2) is 10.5. The Balaban J connectivity index is 1.75. The maximum absolute atomic E-state index is 14.2. The van der Waals surface area contributed by atoms with Crippen LogP contribution in [0.4, 0.5) is 10.1 Å². The number of aromatic nitrogens is 1. The van der Waals surface area contributed by atoms with Gasteiger partial charge in [-0.3, -0.25) is 9.78 Å². The molecule has 0 radical (unpaired) electrons. The van der Waals surface area contributed by atoms with Crippen LogP contribution >= 0.6 is 11.6 Å². The van der Waals surface area contributed by atoms with Crippen LogP contribution in [-0.4, -0.2) is 47.5 Å². The van der Waals surface area contributed by atoms with E-state index < -0.39 is 11.6 Å². The lowest BCUT2D eigenvalue weighted by atomic mass is 9.85. The number of fused-ring (bicyclic) bond motifs is 1. The normalized spacial score (nSPS) is 18.4. The van der Waals surface area contributed by atoms with E-state index in [1.165, 1.54) is 12.1 Å². The number of carbonyl (C=O) groups is 1. The van der Waals surface area contributed by atoms with Gasteiger partial charge in [-0.2, -0.15) is 0 Å².